The van der Waals surface area contributed by atoms with Crippen LogP contribution in [0.2, 0.25) is 0 Å². The van der Waals surface area contributed by atoms with Crippen molar-refractivity contribution in [3.8, 4) is 5.75 Å². The molecule has 0 aliphatic heterocycles. The number of nitrogens with two attached hydrogens (primary N) is 1. The molecule has 3 atom stereocenters. The lowest BCUT2D eigenvalue weighted by atomic mass is 10.2. The Morgan fingerprint density at radius 1 is 1.08 bits per heavy atom. The smallest absolute Gasteiger partial charge is 0.154 e. The first-order valence-corrected chi connectivity index (χ1v) is 9.72. The molecule has 0 aliphatic carbocycles. The van der Waals surface area contributed by atoms with Crippen molar-refractivity contribution in [3.05, 3.63) is 24.3 Å². The van der Waals surface area contributed by atoms with Gasteiger partial charge in [0.05, 0.1) is 6.10 Å². The maximum atomic E-state index is 6.32. The molecule has 0 aromatic heterocycles. The summed E-state index contributed by atoms with van der Waals surface area (Å²) in [5.41, 5.74) is 6.83. The summed E-state index contributed by atoms with van der Waals surface area (Å²) in [5, 5.41) is 3.29. The van der Waals surface area contributed by atoms with Crippen LogP contribution in [0.5, 0.6) is 5.75 Å². The summed E-state index contributed by atoms with van der Waals surface area (Å²) in [6, 6.07) is 8.12. The van der Waals surface area contributed by atoms with Gasteiger partial charge in [0.25, 0.3) is 0 Å². The standard InChI is InChI=1S/C19H34N2O2S/c1-7-18(5,22-15(4)14-20)24-19(6,8-2)23-17-12-10-16(11-13-17)21-9-3/h10-13,15,21H,7-9,14,20H2,1-6H3. The van der Waals surface area contributed by atoms with Crippen LogP contribution in [-0.4, -0.2) is 29.1 Å². The zero-order valence-electron chi connectivity index (χ0n) is 16.0. The van der Waals surface area contributed by atoms with Crippen LogP contribution in [0.4, 0.5) is 5.69 Å². The van der Waals surface area contributed by atoms with Gasteiger partial charge in [-0.1, -0.05) is 25.6 Å². The Morgan fingerprint density at radius 3 is 2.12 bits per heavy atom. The normalized spacial score (nSPS) is 17.6. The molecule has 0 aliphatic rings. The zero-order chi connectivity index (χ0) is 18.2. The maximum absolute atomic E-state index is 6.32. The molecule has 0 saturated carbocycles. The molecule has 3 N–H and O–H groups in total. The van der Waals surface area contributed by atoms with Crippen LogP contribution in [0.3, 0.4) is 0 Å². The van der Waals surface area contributed by atoms with Gasteiger partial charge in [-0.15, -0.1) is 0 Å². The number of anilines is 1. The van der Waals surface area contributed by atoms with E-state index in [1.54, 1.807) is 11.8 Å². The van der Waals surface area contributed by atoms with Crippen molar-refractivity contribution in [2.45, 2.75) is 70.4 Å². The molecule has 0 fully saturated rings. The highest BCUT2D eigenvalue weighted by Crippen LogP contribution is 2.43. The van der Waals surface area contributed by atoms with E-state index in [1.165, 1.54) is 0 Å². The van der Waals surface area contributed by atoms with Gasteiger partial charge in [0, 0.05) is 18.8 Å². The van der Waals surface area contributed by atoms with E-state index in [4.69, 9.17) is 15.2 Å². The van der Waals surface area contributed by atoms with Crippen LogP contribution in [0, 0.1) is 0 Å². The third-order valence-electron chi connectivity index (χ3n) is 4.07. The Labute approximate surface area is 151 Å². The molecule has 0 amide bonds. The van der Waals surface area contributed by atoms with Gasteiger partial charge in [-0.3, -0.25) is 0 Å². The predicted octanol–water partition coefficient (Wildman–Crippen LogP) is 4.85. The minimum atomic E-state index is -0.362. The summed E-state index contributed by atoms with van der Waals surface area (Å²) in [5.74, 6) is 0.874. The monoisotopic (exact) mass is 354 g/mol. The highest BCUT2D eigenvalue weighted by Gasteiger charge is 2.37. The second kappa shape index (κ2) is 9.54. The molecule has 24 heavy (non-hydrogen) atoms. The van der Waals surface area contributed by atoms with Crippen LogP contribution < -0.4 is 15.8 Å². The molecule has 0 spiro atoms. The van der Waals surface area contributed by atoms with Crippen molar-refractivity contribution in [1.29, 1.82) is 0 Å². The summed E-state index contributed by atoms with van der Waals surface area (Å²) >= 11 is 1.73. The Kier molecular flexibility index (Phi) is 8.40. The molecule has 138 valence electrons. The van der Waals surface area contributed by atoms with Crippen LogP contribution in [-0.2, 0) is 4.74 Å². The highest BCUT2D eigenvalue weighted by atomic mass is 32.2. The second-order valence-corrected chi connectivity index (χ2v) is 8.33. The van der Waals surface area contributed by atoms with Crippen LogP contribution >= 0.6 is 11.8 Å². The Balaban J connectivity index is 2.83. The predicted molar refractivity (Wildman–Crippen MR) is 106 cm³/mol. The lowest BCUT2D eigenvalue weighted by molar-refractivity contribution is -0.0152. The van der Waals surface area contributed by atoms with E-state index in [9.17, 15) is 0 Å². The SMILES string of the molecule is CCNc1ccc(OC(C)(CC)SC(C)(CC)OC(C)CN)cc1. The van der Waals surface area contributed by atoms with Crippen LogP contribution in [0.15, 0.2) is 24.3 Å². The van der Waals surface area contributed by atoms with Gasteiger partial charge in [0.1, 0.15) is 10.7 Å². The number of thioether (sulfide) groups is 1. The van der Waals surface area contributed by atoms with E-state index in [-0.39, 0.29) is 16.0 Å². The van der Waals surface area contributed by atoms with E-state index in [0.29, 0.717) is 6.54 Å². The summed E-state index contributed by atoms with van der Waals surface area (Å²) in [7, 11) is 0. The average Bonchev–Trinajstić information content (AvgIpc) is 2.56. The highest BCUT2D eigenvalue weighted by molar-refractivity contribution is 8.01. The molecule has 0 saturated heterocycles. The fraction of sp³-hybridized carbons (Fsp3) is 0.684. The minimum absolute atomic E-state index is 0.0305. The lowest BCUT2D eigenvalue weighted by Gasteiger charge is -2.39. The largest absolute Gasteiger partial charge is 0.477 e. The molecule has 0 radical (unpaired) electrons. The zero-order valence-corrected chi connectivity index (χ0v) is 16.8. The summed E-state index contributed by atoms with van der Waals surface area (Å²) in [6.45, 7) is 14.1. The van der Waals surface area contributed by atoms with Gasteiger partial charge in [-0.25, -0.2) is 0 Å². The number of rotatable bonds is 11. The van der Waals surface area contributed by atoms with E-state index < -0.39 is 0 Å². The lowest BCUT2D eigenvalue weighted by Crippen LogP contribution is -2.39. The maximum Gasteiger partial charge on any atom is 0.154 e. The molecule has 5 heteroatoms. The van der Waals surface area contributed by atoms with Crippen molar-refractivity contribution in [2.24, 2.45) is 5.73 Å². The van der Waals surface area contributed by atoms with Crippen molar-refractivity contribution in [1.82, 2.24) is 0 Å². The second-order valence-electron chi connectivity index (χ2n) is 6.40. The van der Waals surface area contributed by atoms with Gasteiger partial charge < -0.3 is 20.5 Å². The first-order chi connectivity index (χ1) is 11.3. The fourth-order valence-corrected chi connectivity index (χ4v) is 3.92. The molecule has 1 aromatic rings. The molecule has 4 nitrogen and oxygen atoms in total. The Hall–Kier alpha value is -0.910. The number of benzene rings is 1. The van der Waals surface area contributed by atoms with Crippen molar-refractivity contribution in [2.75, 3.05) is 18.4 Å². The van der Waals surface area contributed by atoms with E-state index in [2.05, 4.69) is 39.9 Å². The van der Waals surface area contributed by atoms with Gasteiger partial charge in [-0.05, 0) is 64.8 Å². The molecular formula is C19H34N2O2S. The van der Waals surface area contributed by atoms with E-state index >= 15 is 0 Å². The number of hydrogen-bond donors (Lipinski definition) is 2. The quantitative estimate of drug-likeness (QED) is 0.557. The molecule has 1 aromatic carbocycles. The van der Waals surface area contributed by atoms with E-state index in [0.717, 1.165) is 30.8 Å². The van der Waals surface area contributed by atoms with Gasteiger partial charge in [0.2, 0.25) is 0 Å². The molecule has 1 rings (SSSR count). The number of hydrogen-bond acceptors (Lipinski definition) is 5. The van der Waals surface area contributed by atoms with Crippen LogP contribution in [0.1, 0.15) is 54.4 Å². The number of ether oxygens (including phenoxy) is 2. The molecule has 0 heterocycles. The molecule has 0 bridgehead atoms. The van der Waals surface area contributed by atoms with Crippen molar-refractivity contribution < 1.29 is 9.47 Å². The average molecular weight is 355 g/mol. The van der Waals surface area contributed by atoms with Gasteiger partial charge >= 0.3 is 0 Å². The topological polar surface area (TPSA) is 56.5 Å². The number of nitrogens with one attached hydrogen (secondary N) is 1. The Bertz CT molecular complexity index is 483. The minimum Gasteiger partial charge on any atom is -0.477 e. The third kappa shape index (κ3) is 6.54. The molecular weight excluding hydrogens is 320 g/mol. The fourth-order valence-electron chi connectivity index (χ4n) is 2.37. The first kappa shape index (κ1) is 21.1. The van der Waals surface area contributed by atoms with Gasteiger partial charge in [-0.2, -0.15) is 0 Å². The van der Waals surface area contributed by atoms with Crippen molar-refractivity contribution >= 4 is 17.4 Å². The summed E-state index contributed by atoms with van der Waals surface area (Å²) < 4.78 is 12.5. The first-order valence-electron chi connectivity index (χ1n) is 8.90. The van der Waals surface area contributed by atoms with Gasteiger partial charge in [0.15, 0.2) is 4.93 Å². The van der Waals surface area contributed by atoms with Crippen molar-refractivity contribution in [3.63, 3.8) is 0 Å². The molecule has 3 unspecified atom stereocenters. The van der Waals surface area contributed by atoms with E-state index in [1.807, 2.05) is 31.2 Å². The third-order valence-corrected chi connectivity index (χ3v) is 5.69. The summed E-state index contributed by atoms with van der Waals surface area (Å²) in [6.07, 6.45) is 1.80. The Morgan fingerprint density at radius 2 is 1.67 bits per heavy atom. The van der Waals surface area contributed by atoms with Crippen LogP contribution in [0.25, 0.3) is 0 Å². The summed E-state index contributed by atoms with van der Waals surface area (Å²) in [4.78, 5) is -0.688.